The number of carbonyl (C=O) groups is 1. The molecule has 1 N–H and O–H groups in total. The van der Waals surface area contributed by atoms with Crippen molar-refractivity contribution in [2.24, 2.45) is 0 Å². The van der Waals surface area contributed by atoms with E-state index in [0.29, 0.717) is 11.1 Å². The average Bonchev–Trinajstić information content (AvgIpc) is 2.27. The highest BCUT2D eigenvalue weighted by Gasteiger charge is 2.10. The number of hydrogen-bond donors (Lipinski definition) is 1. The number of halogens is 1. The molecule has 3 nitrogen and oxygen atoms in total. The smallest absolute Gasteiger partial charge is 0.307 e. The van der Waals surface area contributed by atoms with E-state index in [0.717, 1.165) is 17.5 Å². The molecule has 84 valence electrons. The van der Waals surface area contributed by atoms with E-state index in [9.17, 15) is 4.79 Å². The lowest BCUT2D eigenvalue weighted by atomic mass is 9.96. The molecule has 1 aromatic rings. The third-order valence-electron chi connectivity index (χ3n) is 2.41. The van der Waals surface area contributed by atoms with Crippen LogP contribution in [-0.4, -0.2) is 11.1 Å². The maximum absolute atomic E-state index is 10.7. The van der Waals surface area contributed by atoms with Crippen LogP contribution in [-0.2, 0) is 23.5 Å². The standard InChI is InChI=1S/C12H12ClNO2/c1-2-8-3-10(6-13)11(7-14)4-9(8)5-12(15)16/h3-4H,2,5-6H2,1H3,(H,15,16). The van der Waals surface area contributed by atoms with Gasteiger partial charge in [-0.1, -0.05) is 13.0 Å². The first kappa shape index (κ1) is 12.5. The molecule has 0 fully saturated rings. The van der Waals surface area contributed by atoms with Crippen LogP contribution >= 0.6 is 11.6 Å². The Morgan fingerprint density at radius 3 is 2.56 bits per heavy atom. The highest BCUT2D eigenvalue weighted by Crippen LogP contribution is 2.19. The molecule has 0 unspecified atom stereocenters. The van der Waals surface area contributed by atoms with Crippen molar-refractivity contribution in [3.8, 4) is 6.07 Å². The van der Waals surface area contributed by atoms with Gasteiger partial charge in [-0.15, -0.1) is 11.6 Å². The maximum Gasteiger partial charge on any atom is 0.307 e. The van der Waals surface area contributed by atoms with Gasteiger partial charge in [0.1, 0.15) is 0 Å². The number of nitrogens with zero attached hydrogens (tertiary/aromatic N) is 1. The summed E-state index contributed by atoms with van der Waals surface area (Å²) in [5, 5.41) is 17.7. The third-order valence-corrected chi connectivity index (χ3v) is 2.70. The van der Waals surface area contributed by atoms with Gasteiger partial charge in [0.15, 0.2) is 0 Å². The van der Waals surface area contributed by atoms with Gasteiger partial charge in [0.25, 0.3) is 0 Å². The van der Waals surface area contributed by atoms with Crippen LogP contribution in [0, 0.1) is 11.3 Å². The summed E-state index contributed by atoms with van der Waals surface area (Å²) in [7, 11) is 0. The zero-order chi connectivity index (χ0) is 12.1. The minimum Gasteiger partial charge on any atom is -0.481 e. The van der Waals surface area contributed by atoms with Gasteiger partial charge in [0.05, 0.1) is 18.1 Å². The first-order valence-electron chi connectivity index (χ1n) is 4.94. The summed E-state index contributed by atoms with van der Waals surface area (Å²) < 4.78 is 0. The van der Waals surface area contributed by atoms with E-state index >= 15 is 0 Å². The number of hydrogen-bond acceptors (Lipinski definition) is 2. The normalized spacial score (nSPS) is 9.81. The molecule has 4 heteroatoms. The van der Waals surface area contributed by atoms with Crippen molar-refractivity contribution in [3.05, 3.63) is 34.4 Å². The fourth-order valence-electron chi connectivity index (χ4n) is 1.61. The van der Waals surface area contributed by atoms with E-state index in [1.165, 1.54) is 0 Å². The molecular formula is C12H12ClNO2. The van der Waals surface area contributed by atoms with Gasteiger partial charge in [-0.3, -0.25) is 4.79 Å². The molecule has 0 aliphatic carbocycles. The lowest BCUT2D eigenvalue weighted by molar-refractivity contribution is -0.136. The second-order valence-electron chi connectivity index (χ2n) is 3.45. The Morgan fingerprint density at radius 2 is 2.12 bits per heavy atom. The minimum atomic E-state index is -0.891. The Labute approximate surface area is 99.3 Å². The molecule has 0 atom stereocenters. The van der Waals surface area contributed by atoms with Crippen LogP contribution in [0.1, 0.15) is 29.2 Å². The molecule has 0 aromatic heterocycles. The van der Waals surface area contributed by atoms with Crippen LogP contribution in [0.3, 0.4) is 0 Å². The SMILES string of the molecule is CCc1cc(CCl)c(C#N)cc1CC(=O)O. The van der Waals surface area contributed by atoms with Gasteiger partial charge in [-0.2, -0.15) is 5.26 Å². The number of benzene rings is 1. The van der Waals surface area contributed by atoms with Crippen molar-refractivity contribution in [1.82, 2.24) is 0 Å². The zero-order valence-corrected chi connectivity index (χ0v) is 9.71. The van der Waals surface area contributed by atoms with Crippen molar-refractivity contribution in [1.29, 1.82) is 5.26 Å². The molecule has 0 saturated heterocycles. The van der Waals surface area contributed by atoms with Crippen molar-refractivity contribution in [3.63, 3.8) is 0 Å². The molecule has 0 bridgehead atoms. The highest BCUT2D eigenvalue weighted by molar-refractivity contribution is 6.17. The second-order valence-corrected chi connectivity index (χ2v) is 3.71. The van der Waals surface area contributed by atoms with Gasteiger partial charge in [0, 0.05) is 5.88 Å². The van der Waals surface area contributed by atoms with Gasteiger partial charge in [-0.05, 0) is 29.2 Å². The monoisotopic (exact) mass is 237 g/mol. The van der Waals surface area contributed by atoms with Crippen LogP contribution in [0.15, 0.2) is 12.1 Å². The van der Waals surface area contributed by atoms with Crippen LogP contribution in [0.25, 0.3) is 0 Å². The summed E-state index contributed by atoms with van der Waals surface area (Å²) in [5.41, 5.74) is 2.86. The lowest BCUT2D eigenvalue weighted by Gasteiger charge is -2.09. The number of alkyl halides is 1. The van der Waals surface area contributed by atoms with Gasteiger partial charge < -0.3 is 5.11 Å². The molecule has 0 heterocycles. The number of rotatable bonds is 4. The number of carboxylic acid groups (broad SMARTS) is 1. The third kappa shape index (κ3) is 2.74. The first-order valence-corrected chi connectivity index (χ1v) is 5.48. The maximum atomic E-state index is 10.7. The molecule has 0 aliphatic rings. The van der Waals surface area contributed by atoms with Gasteiger partial charge >= 0.3 is 5.97 Å². The topological polar surface area (TPSA) is 61.1 Å². The zero-order valence-electron chi connectivity index (χ0n) is 8.96. The average molecular weight is 238 g/mol. The summed E-state index contributed by atoms with van der Waals surface area (Å²) in [4.78, 5) is 10.7. The lowest BCUT2D eigenvalue weighted by Crippen LogP contribution is -2.05. The van der Waals surface area contributed by atoms with E-state index in [4.69, 9.17) is 22.0 Å². The number of nitriles is 1. The Kier molecular flexibility index (Phi) is 4.33. The molecule has 0 aliphatic heterocycles. The number of carboxylic acids is 1. The minimum absolute atomic E-state index is 0.0551. The Hall–Kier alpha value is -1.53. The Balaban J connectivity index is 3.27. The number of aryl methyl sites for hydroxylation is 1. The van der Waals surface area contributed by atoms with Crippen LogP contribution in [0.2, 0.25) is 0 Å². The number of aliphatic carboxylic acids is 1. The van der Waals surface area contributed by atoms with Crippen LogP contribution in [0.4, 0.5) is 0 Å². The Morgan fingerprint density at radius 1 is 1.44 bits per heavy atom. The van der Waals surface area contributed by atoms with Crippen molar-refractivity contribution < 1.29 is 9.90 Å². The fraction of sp³-hybridized carbons (Fsp3) is 0.333. The molecule has 0 amide bonds. The van der Waals surface area contributed by atoms with Crippen LogP contribution in [0.5, 0.6) is 0 Å². The summed E-state index contributed by atoms with van der Waals surface area (Å²) >= 11 is 5.73. The van der Waals surface area contributed by atoms with E-state index in [1.54, 1.807) is 6.07 Å². The molecule has 0 radical (unpaired) electrons. The first-order chi connectivity index (χ1) is 7.62. The second kappa shape index (κ2) is 5.53. The van der Waals surface area contributed by atoms with E-state index in [1.807, 2.05) is 19.1 Å². The molecule has 1 rings (SSSR count). The van der Waals surface area contributed by atoms with Gasteiger partial charge in [-0.25, -0.2) is 0 Å². The molecular weight excluding hydrogens is 226 g/mol. The van der Waals surface area contributed by atoms with Crippen molar-refractivity contribution in [2.75, 3.05) is 0 Å². The quantitative estimate of drug-likeness (QED) is 0.819. The summed E-state index contributed by atoms with van der Waals surface area (Å²) in [6.07, 6.45) is 0.679. The predicted octanol–water partition coefficient (Wildman–Crippen LogP) is 2.49. The molecule has 0 saturated carbocycles. The predicted molar refractivity (Wildman–Crippen MR) is 61.4 cm³/mol. The van der Waals surface area contributed by atoms with Crippen LogP contribution < -0.4 is 0 Å². The molecule has 16 heavy (non-hydrogen) atoms. The van der Waals surface area contributed by atoms with Gasteiger partial charge in [0.2, 0.25) is 0 Å². The molecule has 0 spiro atoms. The van der Waals surface area contributed by atoms with E-state index in [-0.39, 0.29) is 12.3 Å². The summed E-state index contributed by atoms with van der Waals surface area (Å²) in [6, 6.07) is 5.49. The van der Waals surface area contributed by atoms with E-state index < -0.39 is 5.97 Å². The largest absolute Gasteiger partial charge is 0.481 e. The summed E-state index contributed by atoms with van der Waals surface area (Å²) in [5.74, 6) is -0.624. The Bertz CT molecular complexity index is 449. The summed E-state index contributed by atoms with van der Waals surface area (Å²) in [6.45, 7) is 1.95. The fourth-order valence-corrected chi connectivity index (χ4v) is 1.83. The van der Waals surface area contributed by atoms with E-state index in [2.05, 4.69) is 0 Å². The van der Waals surface area contributed by atoms with Crippen molar-refractivity contribution in [2.45, 2.75) is 25.6 Å². The highest BCUT2D eigenvalue weighted by atomic mass is 35.5. The van der Waals surface area contributed by atoms with Crippen molar-refractivity contribution >= 4 is 17.6 Å². The molecule has 1 aromatic carbocycles.